The topological polar surface area (TPSA) is 30.7 Å². The summed E-state index contributed by atoms with van der Waals surface area (Å²) in [7, 11) is 1.96. The third kappa shape index (κ3) is 3.09. The molecule has 90 valence electrons. The minimum Gasteiger partial charge on any atom is -0.312 e. The second-order valence-corrected chi connectivity index (χ2v) is 5.35. The van der Waals surface area contributed by atoms with Crippen molar-refractivity contribution in [1.82, 2.24) is 14.8 Å². The van der Waals surface area contributed by atoms with Gasteiger partial charge in [-0.2, -0.15) is 0 Å². The van der Waals surface area contributed by atoms with Gasteiger partial charge in [0.05, 0.1) is 0 Å². The summed E-state index contributed by atoms with van der Waals surface area (Å²) in [5.74, 6) is 1.53. The van der Waals surface area contributed by atoms with Crippen LogP contribution >= 0.6 is 11.8 Å². The van der Waals surface area contributed by atoms with Gasteiger partial charge in [0.25, 0.3) is 0 Å². The minimum atomic E-state index is 0.593. The Morgan fingerprint density at radius 1 is 1.24 bits per heavy atom. The Balaban J connectivity index is 1.98. The Kier molecular flexibility index (Phi) is 3.84. The van der Waals surface area contributed by atoms with Gasteiger partial charge in [-0.05, 0) is 17.0 Å². The van der Waals surface area contributed by atoms with E-state index >= 15 is 0 Å². The molecule has 1 aromatic carbocycles. The van der Waals surface area contributed by atoms with E-state index in [-0.39, 0.29) is 0 Å². The highest BCUT2D eigenvalue weighted by Gasteiger charge is 2.03. The molecule has 1 heterocycles. The molecule has 0 unspecified atom stereocenters. The first-order valence-corrected chi connectivity index (χ1v) is 6.71. The summed E-state index contributed by atoms with van der Waals surface area (Å²) < 4.78 is 1.94. The van der Waals surface area contributed by atoms with Gasteiger partial charge in [-0.25, -0.2) is 0 Å². The average molecular weight is 247 g/mol. The Morgan fingerprint density at radius 3 is 2.47 bits per heavy atom. The molecule has 0 saturated carbocycles. The van der Waals surface area contributed by atoms with E-state index in [1.807, 2.05) is 11.6 Å². The van der Waals surface area contributed by atoms with Crippen molar-refractivity contribution in [3.63, 3.8) is 0 Å². The van der Waals surface area contributed by atoms with Crippen molar-refractivity contribution in [3.8, 4) is 0 Å². The molecule has 0 aliphatic rings. The first-order chi connectivity index (χ1) is 8.16. The van der Waals surface area contributed by atoms with Crippen molar-refractivity contribution >= 4 is 11.8 Å². The van der Waals surface area contributed by atoms with Crippen LogP contribution in [0.3, 0.4) is 0 Å². The first-order valence-electron chi connectivity index (χ1n) is 5.72. The lowest BCUT2D eigenvalue weighted by molar-refractivity contribution is 0.788. The van der Waals surface area contributed by atoms with E-state index in [2.05, 4.69) is 48.3 Å². The Labute approximate surface area is 106 Å². The number of aryl methyl sites for hydroxylation is 1. The normalized spacial score (nSPS) is 11.1. The van der Waals surface area contributed by atoms with Gasteiger partial charge < -0.3 is 4.57 Å². The van der Waals surface area contributed by atoms with Gasteiger partial charge in [-0.3, -0.25) is 0 Å². The van der Waals surface area contributed by atoms with E-state index in [9.17, 15) is 0 Å². The van der Waals surface area contributed by atoms with E-state index in [4.69, 9.17) is 0 Å². The smallest absolute Gasteiger partial charge is 0.191 e. The van der Waals surface area contributed by atoms with Crippen LogP contribution in [-0.4, -0.2) is 14.8 Å². The lowest BCUT2D eigenvalue weighted by atomic mass is 10.0. The summed E-state index contributed by atoms with van der Waals surface area (Å²) >= 11 is 1.71. The van der Waals surface area contributed by atoms with Crippen molar-refractivity contribution in [2.45, 2.75) is 30.7 Å². The van der Waals surface area contributed by atoms with Crippen molar-refractivity contribution in [2.24, 2.45) is 7.05 Å². The summed E-state index contributed by atoms with van der Waals surface area (Å²) in [5.41, 5.74) is 2.71. The fourth-order valence-corrected chi connectivity index (χ4v) is 2.39. The highest BCUT2D eigenvalue weighted by atomic mass is 32.2. The maximum atomic E-state index is 4.05. The van der Waals surface area contributed by atoms with Gasteiger partial charge >= 0.3 is 0 Å². The zero-order chi connectivity index (χ0) is 12.3. The maximum absolute atomic E-state index is 4.05. The lowest BCUT2D eigenvalue weighted by Gasteiger charge is -2.06. The van der Waals surface area contributed by atoms with E-state index in [1.54, 1.807) is 18.1 Å². The van der Waals surface area contributed by atoms with Crippen LogP contribution in [0.4, 0.5) is 0 Å². The van der Waals surface area contributed by atoms with Crippen LogP contribution in [0.25, 0.3) is 0 Å². The Bertz CT molecular complexity index is 474. The van der Waals surface area contributed by atoms with Gasteiger partial charge in [0.2, 0.25) is 0 Å². The quantitative estimate of drug-likeness (QED) is 0.777. The van der Waals surface area contributed by atoms with Gasteiger partial charge in [0.1, 0.15) is 6.33 Å². The second kappa shape index (κ2) is 5.36. The molecule has 0 radical (unpaired) electrons. The van der Waals surface area contributed by atoms with Crippen LogP contribution in [0.15, 0.2) is 35.7 Å². The molecule has 2 aromatic rings. The molecular formula is C13H17N3S. The van der Waals surface area contributed by atoms with Crippen LogP contribution in [0.5, 0.6) is 0 Å². The predicted molar refractivity (Wildman–Crippen MR) is 71.1 cm³/mol. The highest BCUT2D eigenvalue weighted by molar-refractivity contribution is 7.98. The largest absolute Gasteiger partial charge is 0.312 e. The third-order valence-corrected chi connectivity index (χ3v) is 3.79. The molecule has 0 saturated heterocycles. The summed E-state index contributed by atoms with van der Waals surface area (Å²) in [6.07, 6.45) is 1.73. The summed E-state index contributed by atoms with van der Waals surface area (Å²) in [4.78, 5) is 0. The molecule has 0 N–H and O–H groups in total. The first kappa shape index (κ1) is 12.2. The molecule has 0 atom stereocenters. The SMILES string of the molecule is CC(C)c1ccc(CSc2nncn2C)cc1. The zero-order valence-electron chi connectivity index (χ0n) is 10.4. The molecule has 1 aromatic heterocycles. The molecule has 0 aliphatic carbocycles. The number of nitrogens with zero attached hydrogens (tertiary/aromatic N) is 3. The van der Waals surface area contributed by atoms with Crippen molar-refractivity contribution in [1.29, 1.82) is 0 Å². The molecule has 0 fully saturated rings. The van der Waals surface area contributed by atoms with Crippen LogP contribution in [-0.2, 0) is 12.8 Å². The van der Waals surface area contributed by atoms with Crippen LogP contribution in [0, 0.1) is 0 Å². The number of benzene rings is 1. The van der Waals surface area contributed by atoms with Crippen LogP contribution < -0.4 is 0 Å². The summed E-state index contributed by atoms with van der Waals surface area (Å²) in [5, 5.41) is 8.87. The predicted octanol–water partition coefficient (Wildman–Crippen LogP) is 3.23. The average Bonchev–Trinajstić information content (AvgIpc) is 2.73. The zero-order valence-corrected chi connectivity index (χ0v) is 11.2. The van der Waals surface area contributed by atoms with E-state index in [0.717, 1.165) is 10.9 Å². The number of aromatic nitrogens is 3. The van der Waals surface area contributed by atoms with Crippen molar-refractivity contribution in [3.05, 3.63) is 41.7 Å². The maximum Gasteiger partial charge on any atom is 0.191 e. The fraction of sp³-hybridized carbons (Fsp3) is 0.385. The number of thioether (sulfide) groups is 1. The molecule has 0 bridgehead atoms. The monoisotopic (exact) mass is 247 g/mol. The highest BCUT2D eigenvalue weighted by Crippen LogP contribution is 2.21. The van der Waals surface area contributed by atoms with Crippen molar-refractivity contribution in [2.75, 3.05) is 0 Å². The number of rotatable bonds is 4. The van der Waals surface area contributed by atoms with Crippen molar-refractivity contribution < 1.29 is 0 Å². The van der Waals surface area contributed by atoms with Gasteiger partial charge in [0, 0.05) is 12.8 Å². The third-order valence-electron chi connectivity index (χ3n) is 2.68. The molecular weight excluding hydrogens is 230 g/mol. The summed E-state index contributed by atoms with van der Waals surface area (Å²) in [6, 6.07) is 8.80. The van der Waals surface area contributed by atoms with E-state index < -0.39 is 0 Å². The van der Waals surface area contributed by atoms with E-state index in [1.165, 1.54) is 11.1 Å². The number of hydrogen-bond donors (Lipinski definition) is 0. The molecule has 0 amide bonds. The van der Waals surface area contributed by atoms with Crippen LogP contribution in [0.2, 0.25) is 0 Å². The van der Waals surface area contributed by atoms with Gasteiger partial charge in [0.15, 0.2) is 5.16 Å². The van der Waals surface area contributed by atoms with Gasteiger partial charge in [-0.1, -0.05) is 49.9 Å². The molecule has 2 rings (SSSR count). The molecule has 3 nitrogen and oxygen atoms in total. The minimum absolute atomic E-state index is 0.593. The Morgan fingerprint density at radius 2 is 1.94 bits per heavy atom. The molecule has 4 heteroatoms. The Hall–Kier alpha value is -1.29. The number of hydrogen-bond acceptors (Lipinski definition) is 3. The fourth-order valence-electron chi connectivity index (χ4n) is 1.55. The lowest BCUT2D eigenvalue weighted by Crippen LogP contribution is -1.91. The molecule has 0 spiro atoms. The van der Waals surface area contributed by atoms with Gasteiger partial charge in [-0.15, -0.1) is 10.2 Å². The second-order valence-electron chi connectivity index (χ2n) is 4.41. The van der Waals surface area contributed by atoms with E-state index in [0.29, 0.717) is 5.92 Å². The molecule has 17 heavy (non-hydrogen) atoms. The standard InChI is InChI=1S/C13H17N3S/c1-10(2)12-6-4-11(5-7-12)8-17-13-15-14-9-16(13)3/h4-7,9-10H,8H2,1-3H3. The van der Waals surface area contributed by atoms with Crippen LogP contribution in [0.1, 0.15) is 30.9 Å². The molecule has 0 aliphatic heterocycles. The summed E-state index contributed by atoms with van der Waals surface area (Å²) in [6.45, 7) is 4.42.